The number of nitrogens with two attached hydrogens (primary N) is 2. The molecule has 1 unspecified atom stereocenters. The molecule has 2 aliphatic rings. The molecule has 98 valence electrons. The quantitative estimate of drug-likeness (QED) is 0.0755. The van der Waals surface area contributed by atoms with Gasteiger partial charge in [0.25, 0.3) is 0 Å². The number of allylic oxidation sites excluding steroid dienone is 2. The summed E-state index contributed by atoms with van der Waals surface area (Å²) in [6.07, 6.45) is 1.87. The van der Waals surface area contributed by atoms with Crippen LogP contribution in [-0.4, -0.2) is 46.8 Å². The lowest BCUT2D eigenvalue weighted by Gasteiger charge is -2.12. The first-order valence-corrected chi connectivity index (χ1v) is 5.08. The number of fused-ring (bicyclic) bond motifs is 1. The summed E-state index contributed by atoms with van der Waals surface area (Å²) in [5.41, 5.74) is 7.75. The van der Waals surface area contributed by atoms with Gasteiger partial charge in [-0.1, -0.05) is 5.76 Å². The predicted octanol–water partition coefficient (Wildman–Crippen LogP) is -3.46. The molecule has 2 rings (SSSR count). The maximum absolute atomic E-state index is 11.0. The van der Waals surface area contributed by atoms with Gasteiger partial charge in [0.05, 0.1) is 5.57 Å². The zero-order chi connectivity index (χ0) is 13.9. The fraction of sp³-hybridized carbons (Fsp3) is 0.300. The van der Waals surface area contributed by atoms with Gasteiger partial charge in [-0.15, -0.1) is 0 Å². The Hall–Kier alpha value is -2.19. The number of guanidine groups is 1. The number of β-amino-alcohol motifs (C(OH)–C–C–N with tert-alkyl or cyclic N) is 1. The Balaban J connectivity index is 0.000000280. The highest BCUT2D eigenvalue weighted by Crippen LogP contribution is 2.18. The molecule has 18 heavy (non-hydrogen) atoms. The van der Waals surface area contributed by atoms with E-state index in [0.29, 0.717) is 17.8 Å². The second-order valence-electron chi connectivity index (χ2n) is 3.81. The zero-order valence-corrected chi connectivity index (χ0v) is 9.80. The van der Waals surface area contributed by atoms with Crippen LogP contribution >= 0.6 is 0 Å². The van der Waals surface area contributed by atoms with Crippen molar-refractivity contribution in [2.45, 2.75) is 6.10 Å². The van der Waals surface area contributed by atoms with Crippen LogP contribution in [0.25, 0.3) is 0 Å². The molecule has 0 spiro atoms. The van der Waals surface area contributed by atoms with Crippen LogP contribution in [0.15, 0.2) is 23.5 Å². The van der Waals surface area contributed by atoms with Gasteiger partial charge in [-0.05, 0) is 6.08 Å². The van der Waals surface area contributed by atoms with Gasteiger partial charge >= 0.3 is 0 Å². The summed E-state index contributed by atoms with van der Waals surface area (Å²) in [7, 11) is 1.78. The van der Waals surface area contributed by atoms with Crippen LogP contribution in [0.3, 0.4) is 0 Å². The van der Waals surface area contributed by atoms with E-state index in [9.17, 15) is 15.0 Å². The van der Waals surface area contributed by atoms with Crippen molar-refractivity contribution < 1.29 is 19.6 Å². The Morgan fingerprint density at radius 2 is 2.22 bits per heavy atom. The van der Waals surface area contributed by atoms with Crippen LogP contribution in [0.2, 0.25) is 0 Å². The van der Waals surface area contributed by atoms with E-state index in [2.05, 4.69) is 11.6 Å². The topological polar surface area (TPSA) is 151 Å². The van der Waals surface area contributed by atoms with E-state index in [1.54, 1.807) is 11.6 Å². The number of rotatable bonds is 0. The Bertz CT molecular complexity index is 478. The van der Waals surface area contributed by atoms with Crippen LogP contribution in [0, 0.1) is 5.41 Å². The molecule has 8 nitrogen and oxygen atoms in total. The second kappa shape index (κ2) is 5.43. The first-order chi connectivity index (χ1) is 8.36. The molecule has 0 bridgehead atoms. The van der Waals surface area contributed by atoms with Crippen molar-refractivity contribution in [2.24, 2.45) is 11.6 Å². The summed E-state index contributed by atoms with van der Waals surface area (Å²) in [5, 5.41) is 26.8. The van der Waals surface area contributed by atoms with E-state index < -0.39 is 17.6 Å². The molecule has 0 amide bonds. The van der Waals surface area contributed by atoms with Gasteiger partial charge in [0, 0.05) is 6.08 Å². The molecule has 1 heterocycles. The van der Waals surface area contributed by atoms with E-state index in [4.69, 9.17) is 5.41 Å². The lowest BCUT2D eigenvalue weighted by atomic mass is 10.00. The van der Waals surface area contributed by atoms with Gasteiger partial charge in [0.1, 0.15) is 13.2 Å². The lowest BCUT2D eigenvalue weighted by Crippen LogP contribution is -2.35. The van der Waals surface area contributed by atoms with Gasteiger partial charge in [-0.25, -0.2) is 10.4 Å². The van der Waals surface area contributed by atoms with Gasteiger partial charge in [0.2, 0.25) is 5.71 Å². The van der Waals surface area contributed by atoms with Crippen molar-refractivity contribution in [2.75, 3.05) is 13.6 Å². The van der Waals surface area contributed by atoms with Crippen molar-refractivity contribution in [1.82, 2.24) is 5.43 Å². The highest BCUT2D eigenvalue weighted by atomic mass is 16.3. The van der Waals surface area contributed by atoms with Crippen molar-refractivity contribution in [1.29, 1.82) is 5.41 Å². The molecule has 0 aromatic carbocycles. The summed E-state index contributed by atoms with van der Waals surface area (Å²) < 4.78 is 1.76. The normalized spacial score (nSPS) is 21.5. The minimum Gasteiger partial charge on any atom is -0.870 e. The van der Waals surface area contributed by atoms with Crippen LogP contribution in [0.4, 0.5) is 0 Å². The molecule has 8 heteroatoms. The van der Waals surface area contributed by atoms with E-state index in [1.807, 2.05) is 5.43 Å². The number of nitrogens with one attached hydrogen (secondary N) is 2. The highest BCUT2D eigenvalue weighted by Gasteiger charge is 2.34. The van der Waals surface area contributed by atoms with Crippen molar-refractivity contribution in [3.8, 4) is 0 Å². The van der Waals surface area contributed by atoms with Gasteiger partial charge in [-0.3, -0.25) is 15.6 Å². The maximum atomic E-state index is 11.0. The average Bonchev–Trinajstić information content (AvgIpc) is 2.57. The molecule has 1 atom stereocenters. The second-order valence-corrected chi connectivity index (χ2v) is 3.81. The lowest BCUT2D eigenvalue weighted by molar-refractivity contribution is -0.494. The zero-order valence-electron chi connectivity index (χ0n) is 9.80. The van der Waals surface area contributed by atoms with E-state index in [-0.39, 0.29) is 5.96 Å². The Morgan fingerprint density at radius 1 is 1.67 bits per heavy atom. The number of aliphatic hydroxyl groups excluding tert-OH is 1. The molecule has 0 saturated heterocycles. The number of hydrazine groups is 1. The smallest absolute Gasteiger partial charge is 0.205 e. The fourth-order valence-electron chi connectivity index (χ4n) is 1.62. The van der Waals surface area contributed by atoms with Gasteiger partial charge in [-0.2, -0.15) is 0 Å². The molecule has 0 fully saturated rings. The van der Waals surface area contributed by atoms with Crippen LogP contribution in [0.5, 0.6) is 0 Å². The Labute approximate surface area is 103 Å². The van der Waals surface area contributed by atoms with Crippen molar-refractivity contribution in [3.05, 3.63) is 23.5 Å². The minimum atomic E-state index is -0.645. The van der Waals surface area contributed by atoms with Crippen molar-refractivity contribution in [3.63, 3.8) is 0 Å². The maximum Gasteiger partial charge on any atom is 0.205 e. The number of hydrogen-bond donors (Lipinski definition) is 5. The Kier molecular flexibility index (Phi) is 4.18. The molecule has 1 aliphatic carbocycles. The number of aliphatic hydroxyl groups is 1. The van der Waals surface area contributed by atoms with Crippen molar-refractivity contribution >= 4 is 17.5 Å². The molecule has 1 aliphatic heterocycles. The largest absolute Gasteiger partial charge is 0.870 e. The highest BCUT2D eigenvalue weighted by molar-refractivity contribution is 6.20. The predicted molar refractivity (Wildman–Crippen MR) is 62.5 cm³/mol. The third-order valence-corrected chi connectivity index (χ3v) is 2.47. The van der Waals surface area contributed by atoms with Crippen LogP contribution in [0.1, 0.15) is 0 Å². The number of ketones is 1. The molecular formula is C10H15N5O3. The molecule has 0 radical (unpaired) electrons. The third-order valence-electron chi connectivity index (χ3n) is 2.47. The number of nitrogens with zero attached hydrogens (tertiary/aromatic N) is 1. The number of carbonyl (C=O) groups excluding carboxylic acids is 1. The van der Waals surface area contributed by atoms with E-state index >= 15 is 0 Å². The molecular weight excluding hydrogens is 238 g/mol. The number of hydrogen-bond acceptors (Lipinski definition) is 5. The molecule has 0 aromatic heterocycles. The molecule has 0 aromatic rings. The number of likely N-dealkylation sites (N-methyl/N-ethyl adjacent to an activating group) is 1. The van der Waals surface area contributed by atoms with E-state index in [1.165, 1.54) is 12.2 Å². The SMILES string of the molecule is C[N+]1=C2C=C([O-])C(=O)C=C2C(O)C1.N=C(N)NN. The fourth-order valence-corrected chi connectivity index (χ4v) is 1.62. The van der Waals surface area contributed by atoms with Crippen LogP contribution < -0.4 is 22.1 Å². The van der Waals surface area contributed by atoms with E-state index in [0.717, 1.165) is 0 Å². The van der Waals surface area contributed by atoms with Gasteiger partial charge < -0.3 is 15.9 Å². The monoisotopic (exact) mass is 253 g/mol. The third kappa shape index (κ3) is 2.93. The first-order valence-electron chi connectivity index (χ1n) is 5.08. The summed E-state index contributed by atoms with van der Waals surface area (Å²) in [6.45, 7) is 0.443. The summed E-state index contributed by atoms with van der Waals surface area (Å²) in [5.74, 6) is 3.29. The number of carbonyl (C=O) groups is 1. The van der Waals surface area contributed by atoms with Gasteiger partial charge in [0.15, 0.2) is 18.3 Å². The minimum absolute atomic E-state index is 0.218. The average molecular weight is 253 g/mol. The Morgan fingerprint density at radius 3 is 2.72 bits per heavy atom. The summed E-state index contributed by atoms with van der Waals surface area (Å²) in [4.78, 5) is 11.0. The molecule has 0 saturated carbocycles. The summed E-state index contributed by atoms with van der Waals surface area (Å²) >= 11 is 0. The first kappa shape index (κ1) is 13.9. The molecule has 7 N–H and O–H groups in total. The van der Waals surface area contributed by atoms with Crippen LogP contribution in [-0.2, 0) is 4.79 Å². The summed E-state index contributed by atoms with van der Waals surface area (Å²) in [6, 6.07) is 0. The standard InChI is InChI=1S/C9H9NO3.CH6N4/c1-10-4-9(13)5-2-7(11)8(12)3-6(5)10;2-1(3)5-4/h2-3,9,13H,4H2,1H3;4H2,(H4,2,3,5).